The zero-order valence-corrected chi connectivity index (χ0v) is 44.2. The first-order valence-electron chi connectivity index (χ1n) is 28.5. The molecule has 6 heteroatoms. The molecular formula is C61H106O6. The minimum Gasteiger partial charge on any atom is -0.462 e. The highest BCUT2D eigenvalue weighted by molar-refractivity contribution is 5.71. The molecule has 0 aromatic heterocycles. The highest BCUT2D eigenvalue weighted by Gasteiger charge is 2.19. The Morgan fingerprint density at radius 2 is 0.627 bits per heavy atom. The van der Waals surface area contributed by atoms with E-state index in [0.717, 1.165) is 109 Å². The summed E-state index contributed by atoms with van der Waals surface area (Å²) in [5.41, 5.74) is 0. The van der Waals surface area contributed by atoms with Gasteiger partial charge in [-0.1, -0.05) is 229 Å². The number of carbonyl (C=O) groups excluding carboxylic acids is 3. The second-order valence-electron chi connectivity index (χ2n) is 18.8. The van der Waals surface area contributed by atoms with Crippen LogP contribution in [-0.4, -0.2) is 37.2 Å². The van der Waals surface area contributed by atoms with Crippen molar-refractivity contribution in [3.8, 4) is 0 Å². The third-order valence-corrected chi connectivity index (χ3v) is 12.2. The van der Waals surface area contributed by atoms with Crippen molar-refractivity contribution in [1.82, 2.24) is 0 Å². The molecule has 6 nitrogen and oxygen atoms in total. The van der Waals surface area contributed by atoms with Crippen LogP contribution in [0.1, 0.15) is 278 Å². The van der Waals surface area contributed by atoms with Gasteiger partial charge in [0.05, 0.1) is 0 Å². The molecule has 0 aliphatic carbocycles. The maximum Gasteiger partial charge on any atom is 0.306 e. The third kappa shape index (κ3) is 53.7. The van der Waals surface area contributed by atoms with Crippen molar-refractivity contribution < 1.29 is 28.6 Å². The molecule has 0 amide bonds. The number of unbranched alkanes of at least 4 members (excludes halogenated alkanes) is 29. The minimum atomic E-state index is -0.791. The lowest BCUT2D eigenvalue weighted by atomic mass is 10.1. The van der Waals surface area contributed by atoms with Gasteiger partial charge in [0.15, 0.2) is 6.10 Å². The molecular weight excluding hydrogens is 829 g/mol. The Kier molecular flexibility index (Phi) is 52.8. The highest BCUT2D eigenvalue weighted by atomic mass is 16.6. The summed E-state index contributed by atoms with van der Waals surface area (Å²) in [7, 11) is 0. The average Bonchev–Trinajstić information content (AvgIpc) is 3.33. The predicted molar refractivity (Wildman–Crippen MR) is 288 cm³/mol. The first-order chi connectivity index (χ1) is 33.0. The lowest BCUT2D eigenvalue weighted by molar-refractivity contribution is -0.167. The summed E-state index contributed by atoms with van der Waals surface area (Å²) >= 11 is 0. The van der Waals surface area contributed by atoms with Gasteiger partial charge in [0.1, 0.15) is 13.2 Å². The largest absolute Gasteiger partial charge is 0.462 e. The molecule has 0 fully saturated rings. The van der Waals surface area contributed by atoms with E-state index in [4.69, 9.17) is 14.2 Å². The van der Waals surface area contributed by atoms with Crippen LogP contribution in [0.2, 0.25) is 0 Å². The molecule has 0 bridgehead atoms. The summed E-state index contributed by atoms with van der Waals surface area (Å²) in [5.74, 6) is -0.913. The van der Waals surface area contributed by atoms with Gasteiger partial charge >= 0.3 is 17.9 Å². The maximum absolute atomic E-state index is 12.8. The van der Waals surface area contributed by atoms with Crippen LogP contribution >= 0.6 is 0 Å². The van der Waals surface area contributed by atoms with E-state index in [2.05, 4.69) is 93.7 Å². The molecule has 0 aromatic carbocycles. The molecule has 0 aliphatic rings. The van der Waals surface area contributed by atoms with Crippen molar-refractivity contribution in [2.75, 3.05) is 13.2 Å². The molecule has 67 heavy (non-hydrogen) atoms. The van der Waals surface area contributed by atoms with Crippen LogP contribution in [0.25, 0.3) is 0 Å². The van der Waals surface area contributed by atoms with Crippen molar-refractivity contribution >= 4 is 17.9 Å². The molecule has 0 rings (SSSR count). The third-order valence-electron chi connectivity index (χ3n) is 12.2. The van der Waals surface area contributed by atoms with E-state index in [0.29, 0.717) is 19.3 Å². The van der Waals surface area contributed by atoms with Crippen LogP contribution in [0.3, 0.4) is 0 Å². The van der Waals surface area contributed by atoms with Crippen LogP contribution < -0.4 is 0 Å². The van der Waals surface area contributed by atoms with Gasteiger partial charge in [-0.3, -0.25) is 14.4 Å². The van der Waals surface area contributed by atoms with Gasteiger partial charge < -0.3 is 14.2 Å². The Hall–Kier alpha value is -3.15. The fraction of sp³-hybridized carbons (Fsp3) is 0.754. The molecule has 386 valence electrons. The second-order valence-corrected chi connectivity index (χ2v) is 18.8. The van der Waals surface area contributed by atoms with Crippen LogP contribution in [0.4, 0.5) is 0 Å². The van der Waals surface area contributed by atoms with E-state index in [1.165, 1.54) is 128 Å². The zero-order valence-electron chi connectivity index (χ0n) is 44.2. The SMILES string of the molecule is CC/C=C\C/C=C\C/C=C\CCCCCCCCC(=O)OC(COC(=O)CCCCCCC/C=C\C=C/CCCCCCCCC)COC(=O)CCCCCCCCC/C=C\CCCCCC. The van der Waals surface area contributed by atoms with E-state index in [9.17, 15) is 14.4 Å². The van der Waals surface area contributed by atoms with E-state index in [1.807, 2.05) is 0 Å². The van der Waals surface area contributed by atoms with E-state index < -0.39 is 6.10 Å². The molecule has 1 atom stereocenters. The van der Waals surface area contributed by atoms with Gasteiger partial charge in [-0.15, -0.1) is 0 Å². The number of rotatable bonds is 51. The van der Waals surface area contributed by atoms with Crippen molar-refractivity contribution in [3.63, 3.8) is 0 Å². The van der Waals surface area contributed by atoms with Gasteiger partial charge in [0.25, 0.3) is 0 Å². The van der Waals surface area contributed by atoms with Gasteiger partial charge in [-0.05, 0) is 103 Å². The lowest BCUT2D eigenvalue weighted by Crippen LogP contribution is -2.30. The molecule has 0 aliphatic heterocycles. The van der Waals surface area contributed by atoms with Crippen molar-refractivity contribution in [3.05, 3.63) is 72.9 Å². The lowest BCUT2D eigenvalue weighted by Gasteiger charge is -2.18. The quantitative estimate of drug-likeness (QED) is 0.0199. The van der Waals surface area contributed by atoms with E-state index in [-0.39, 0.29) is 31.1 Å². The molecule has 0 heterocycles. The Labute approximate surface area is 414 Å². The van der Waals surface area contributed by atoms with Crippen molar-refractivity contribution in [2.24, 2.45) is 0 Å². The standard InChI is InChI=1S/C61H106O6/c1-4-7-10-13-16-19-22-25-28-30-31-34-36-39-42-45-48-51-54-60(63)66-57-58(56-65-59(62)53-50-47-44-41-38-35-32-27-24-21-18-15-12-9-6-3)67-61(64)55-52-49-46-43-40-37-33-29-26-23-20-17-14-11-8-5-2/h8,11,17,20-21,24,26,28-31,34,58H,4-7,9-10,12-16,18-19,22-23,25,27,32-33,35-57H2,1-3H3/b11-8-,20-17-,24-21-,29-26-,30-28-,34-31-. The van der Waals surface area contributed by atoms with Gasteiger partial charge in [-0.25, -0.2) is 0 Å². The van der Waals surface area contributed by atoms with Gasteiger partial charge in [0, 0.05) is 19.3 Å². The highest BCUT2D eigenvalue weighted by Crippen LogP contribution is 2.15. The minimum absolute atomic E-state index is 0.0878. The predicted octanol–water partition coefficient (Wildman–Crippen LogP) is 19.0. The average molecular weight is 936 g/mol. The summed E-state index contributed by atoms with van der Waals surface area (Å²) in [6.07, 6.45) is 70.3. The van der Waals surface area contributed by atoms with Gasteiger partial charge in [-0.2, -0.15) is 0 Å². The molecule has 0 N–H and O–H groups in total. The Morgan fingerprint density at radius 3 is 1.03 bits per heavy atom. The molecule has 0 aromatic rings. The normalized spacial score (nSPS) is 12.6. The van der Waals surface area contributed by atoms with E-state index >= 15 is 0 Å². The fourth-order valence-electron chi connectivity index (χ4n) is 7.91. The van der Waals surface area contributed by atoms with Crippen LogP contribution in [-0.2, 0) is 28.6 Å². The van der Waals surface area contributed by atoms with Gasteiger partial charge in [0.2, 0.25) is 0 Å². The molecule has 0 radical (unpaired) electrons. The topological polar surface area (TPSA) is 78.9 Å². The molecule has 0 saturated carbocycles. The van der Waals surface area contributed by atoms with Crippen molar-refractivity contribution in [1.29, 1.82) is 0 Å². The molecule has 1 unspecified atom stereocenters. The monoisotopic (exact) mass is 935 g/mol. The van der Waals surface area contributed by atoms with Crippen LogP contribution in [0.5, 0.6) is 0 Å². The van der Waals surface area contributed by atoms with Crippen LogP contribution in [0.15, 0.2) is 72.9 Å². The molecule has 0 spiro atoms. The number of allylic oxidation sites excluding steroid dienone is 12. The molecule has 0 saturated heterocycles. The summed E-state index contributed by atoms with van der Waals surface area (Å²) in [5, 5.41) is 0. The summed E-state index contributed by atoms with van der Waals surface area (Å²) < 4.78 is 16.8. The number of esters is 3. The number of hydrogen-bond acceptors (Lipinski definition) is 6. The first kappa shape index (κ1) is 63.8. The number of carbonyl (C=O) groups is 3. The number of hydrogen-bond donors (Lipinski definition) is 0. The van der Waals surface area contributed by atoms with Crippen molar-refractivity contribution in [2.45, 2.75) is 284 Å². The fourth-order valence-corrected chi connectivity index (χ4v) is 7.91. The summed E-state index contributed by atoms with van der Waals surface area (Å²) in [4.78, 5) is 38.1. The number of ether oxygens (including phenoxy) is 3. The zero-order chi connectivity index (χ0) is 48.6. The Bertz CT molecular complexity index is 1260. The summed E-state index contributed by atoms with van der Waals surface area (Å²) in [6.45, 7) is 6.50. The summed E-state index contributed by atoms with van der Waals surface area (Å²) in [6, 6.07) is 0. The van der Waals surface area contributed by atoms with E-state index in [1.54, 1.807) is 0 Å². The Balaban J connectivity index is 4.43. The maximum atomic E-state index is 12.8. The first-order valence-corrected chi connectivity index (χ1v) is 28.5. The second kappa shape index (κ2) is 55.4. The smallest absolute Gasteiger partial charge is 0.306 e. The Morgan fingerprint density at radius 1 is 0.328 bits per heavy atom. The van der Waals surface area contributed by atoms with Crippen LogP contribution in [0, 0.1) is 0 Å².